The average molecular weight is 430 g/mol. The van der Waals surface area contributed by atoms with Gasteiger partial charge in [-0.3, -0.25) is 0 Å². The second-order valence-corrected chi connectivity index (χ2v) is 12.0. The highest BCUT2D eigenvalue weighted by molar-refractivity contribution is 7.90. The molecule has 0 spiro atoms. The number of nitrogens with one attached hydrogen (secondary N) is 2. The molecular formula is C19H31N3O4S2. The van der Waals surface area contributed by atoms with E-state index < -0.39 is 20.0 Å². The van der Waals surface area contributed by atoms with Gasteiger partial charge in [-0.05, 0) is 62.3 Å². The Kier molecular flexibility index (Phi) is 6.51. The van der Waals surface area contributed by atoms with Crippen LogP contribution in [0.5, 0.6) is 0 Å². The Balaban J connectivity index is 1.62. The largest absolute Gasteiger partial charge is 0.301 e. The van der Waals surface area contributed by atoms with Crippen LogP contribution in [0.15, 0.2) is 34.1 Å². The predicted octanol–water partition coefficient (Wildman–Crippen LogP) is 1.77. The Morgan fingerprint density at radius 1 is 0.964 bits per heavy atom. The van der Waals surface area contributed by atoms with Crippen molar-refractivity contribution >= 4 is 20.0 Å². The Bertz CT molecular complexity index is 870. The number of piperidine rings is 1. The number of benzene rings is 1. The van der Waals surface area contributed by atoms with E-state index in [4.69, 9.17) is 0 Å². The lowest BCUT2D eigenvalue weighted by Crippen LogP contribution is -2.46. The van der Waals surface area contributed by atoms with Crippen molar-refractivity contribution in [3.8, 4) is 0 Å². The van der Waals surface area contributed by atoms with Gasteiger partial charge in [0.05, 0.1) is 9.79 Å². The molecule has 2 fully saturated rings. The zero-order chi connectivity index (χ0) is 20.5. The first-order valence-corrected chi connectivity index (χ1v) is 12.9. The fourth-order valence-corrected chi connectivity index (χ4v) is 6.52. The van der Waals surface area contributed by atoms with E-state index in [2.05, 4.69) is 28.2 Å². The smallest absolute Gasteiger partial charge is 0.240 e. The highest BCUT2D eigenvalue weighted by atomic mass is 32.2. The summed E-state index contributed by atoms with van der Waals surface area (Å²) in [6.45, 7) is 8.94. The molecule has 158 valence electrons. The summed E-state index contributed by atoms with van der Waals surface area (Å²) in [4.78, 5) is 2.47. The summed E-state index contributed by atoms with van der Waals surface area (Å²) in [5.74, 6) is 1.23. The van der Waals surface area contributed by atoms with Gasteiger partial charge < -0.3 is 4.90 Å². The molecule has 0 amide bonds. The molecule has 0 unspecified atom stereocenters. The first-order valence-electron chi connectivity index (χ1n) is 9.92. The lowest BCUT2D eigenvalue weighted by molar-refractivity contribution is 0.134. The Morgan fingerprint density at radius 2 is 1.46 bits per heavy atom. The average Bonchev–Trinajstić information content (AvgIpc) is 3.36. The van der Waals surface area contributed by atoms with Crippen LogP contribution in [0.1, 0.15) is 40.0 Å². The summed E-state index contributed by atoms with van der Waals surface area (Å²) in [6.07, 6.45) is 2.91. The van der Waals surface area contributed by atoms with Crippen molar-refractivity contribution < 1.29 is 16.8 Å². The number of nitrogens with zero attached hydrogens (tertiary/aromatic N) is 1. The first kappa shape index (κ1) is 21.7. The van der Waals surface area contributed by atoms with Crippen LogP contribution in [0.2, 0.25) is 0 Å². The molecule has 2 aliphatic rings. The van der Waals surface area contributed by atoms with Gasteiger partial charge in [0.1, 0.15) is 0 Å². The summed E-state index contributed by atoms with van der Waals surface area (Å²) in [5, 5.41) is 0. The van der Waals surface area contributed by atoms with Crippen LogP contribution in [0.4, 0.5) is 0 Å². The molecule has 1 heterocycles. The molecule has 3 atom stereocenters. The maximum Gasteiger partial charge on any atom is 0.240 e. The van der Waals surface area contributed by atoms with Crippen LogP contribution < -0.4 is 9.44 Å². The van der Waals surface area contributed by atoms with Gasteiger partial charge >= 0.3 is 0 Å². The van der Waals surface area contributed by atoms with Crippen LogP contribution in [0, 0.1) is 11.8 Å². The quantitative estimate of drug-likeness (QED) is 0.657. The third-order valence-electron chi connectivity index (χ3n) is 5.18. The summed E-state index contributed by atoms with van der Waals surface area (Å²) in [5.41, 5.74) is 0. The van der Waals surface area contributed by atoms with Gasteiger partial charge in [-0.15, -0.1) is 0 Å². The van der Waals surface area contributed by atoms with Gasteiger partial charge in [0.2, 0.25) is 20.0 Å². The van der Waals surface area contributed by atoms with Crippen LogP contribution in [0.25, 0.3) is 0 Å². The Hall–Kier alpha value is -1.00. The first-order chi connectivity index (χ1) is 13.0. The van der Waals surface area contributed by atoms with Crippen LogP contribution in [-0.4, -0.2) is 53.5 Å². The number of sulfonamides is 2. The second-order valence-electron chi connectivity index (χ2n) is 8.55. The van der Waals surface area contributed by atoms with E-state index in [9.17, 15) is 16.8 Å². The number of hydrogen-bond acceptors (Lipinski definition) is 5. The number of hydrogen-bond donors (Lipinski definition) is 2. The van der Waals surface area contributed by atoms with Crippen molar-refractivity contribution in [2.45, 2.75) is 61.9 Å². The van der Waals surface area contributed by atoms with E-state index in [0.717, 1.165) is 25.9 Å². The van der Waals surface area contributed by atoms with Crippen molar-refractivity contribution in [1.82, 2.24) is 14.3 Å². The maximum absolute atomic E-state index is 12.7. The maximum atomic E-state index is 12.7. The molecule has 2 N–H and O–H groups in total. The molecule has 0 bridgehead atoms. The zero-order valence-corrected chi connectivity index (χ0v) is 18.4. The SMILES string of the molecule is C[C@@H]1C[C@H](C)CN(C[C@H](C)NS(=O)(=O)c2ccc(S(=O)(=O)NC3CC3)cc2)C1. The third-order valence-corrected chi connectivity index (χ3v) is 8.32. The van der Waals surface area contributed by atoms with Crippen molar-refractivity contribution in [2.75, 3.05) is 19.6 Å². The lowest BCUT2D eigenvalue weighted by Gasteiger charge is -2.36. The monoisotopic (exact) mass is 429 g/mol. The van der Waals surface area contributed by atoms with Gasteiger partial charge in [-0.25, -0.2) is 26.3 Å². The standard InChI is InChI=1S/C19H31N3O4S2/c1-14-10-15(2)12-22(11-14)13-16(3)20-27(23,24)18-6-8-19(9-7-18)28(25,26)21-17-4-5-17/h6-9,14-17,20-21H,4-5,10-13H2,1-3H3/t14-,15+,16-/m0/s1. The van der Waals surface area contributed by atoms with Crippen molar-refractivity contribution in [1.29, 1.82) is 0 Å². The molecule has 1 aromatic carbocycles. The van der Waals surface area contributed by atoms with E-state index >= 15 is 0 Å². The fourth-order valence-electron chi connectivity index (χ4n) is 3.99. The van der Waals surface area contributed by atoms with E-state index in [1.807, 2.05) is 6.92 Å². The van der Waals surface area contributed by atoms with Crippen LogP contribution >= 0.6 is 0 Å². The molecule has 7 nitrogen and oxygen atoms in total. The molecule has 1 saturated carbocycles. The number of likely N-dealkylation sites (tertiary alicyclic amines) is 1. The molecule has 28 heavy (non-hydrogen) atoms. The zero-order valence-electron chi connectivity index (χ0n) is 16.8. The van der Waals surface area contributed by atoms with Gasteiger partial charge in [0, 0.05) is 31.7 Å². The van der Waals surface area contributed by atoms with Crippen molar-refractivity contribution in [3.63, 3.8) is 0 Å². The minimum absolute atomic E-state index is 0.0103. The summed E-state index contributed by atoms with van der Waals surface area (Å²) in [6, 6.07) is 5.16. The number of rotatable bonds is 8. The summed E-state index contributed by atoms with van der Waals surface area (Å²) < 4.78 is 55.1. The van der Waals surface area contributed by atoms with Gasteiger partial charge in [-0.1, -0.05) is 13.8 Å². The van der Waals surface area contributed by atoms with E-state index in [1.54, 1.807) is 0 Å². The minimum Gasteiger partial charge on any atom is -0.301 e. The molecule has 1 aliphatic carbocycles. The predicted molar refractivity (Wildman–Crippen MR) is 109 cm³/mol. The molecule has 1 saturated heterocycles. The van der Waals surface area contributed by atoms with E-state index in [1.165, 1.54) is 30.7 Å². The topological polar surface area (TPSA) is 95.6 Å². The fraction of sp³-hybridized carbons (Fsp3) is 0.684. The van der Waals surface area contributed by atoms with Crippen LogP contribution in [0.3, 0.4) is 0 Å². The molecule has 0 aromatic heterocycles. The van der Waals surface area contributed by atoms with Gasteiger partial charge in [-0.2, -0.15) is 0 Å². The summed E-state index contributed by atoms with van der Waals surface area (Å²) >= 11 is 0. The Labute approximate surface area is 169 Å². The van der Waals surface area contributed by atoms with Crippen molar-refractivity contribution in [2.24, 2.45) is 11.8 Å². The molecule has 1 aromatic rings. The highest BCUT2D eigenvalue weighted by Crippen LogP contribution is 2.23. The molecule has 0 radical (unpaired) electrons. The van der Waals surface area contributed by atoms with Crippen LogP contribution in [-0.2, 0) is 20.0 Å². The van der Waals surface area contributed by atoms with Crippen molar-refractivity contribution in [3.05, 3.63) is 24.3 Å². The normalized spacial score (nSPS) is 25.5. The van der Waals surface area contributed by atoms with Gasteiger partial charge in [0.15, 0.2) is 0 Å². The van der Waals surface area contributed by atoms with Gasteiger partial charge in [0.25, 0.3) is 0 Å². The molecule has 9 heteroatoms. The third kappa shape index (κ3) is 5.76. The highest BCUT2D eigenvalue weighted by Gasteiger charge is 2.29. The minimum atomic E-state index is -3.70. The molecule has 3 rings (SSSR count). The second kappa shape index (κ2) is 8.39. The lowest BCUT2D eigenvalue weighted by atomic mass is 9.92. The van der Waals surface area contributed by atoms with E-state index in [0.29, 0.717) is 18.4 Å². The molecular weight excluding hydrogens is 398 g/mol. The Morgan fingerprint density at radius 3 is 1.96 bits per heavy atom. The molecule has 1 aliphatic heterocycles. The summed E-state index contributed by atoms with van der Waals surface area (Å²) in [7, 11) is -7.29. The van der Waals surface area contributed by atoms with E-state index in [-0.39, 0.29) is 21.9 Å².